The molecule has 0 saturated carbocycles. The molecule has 4 aromatic carbocycles. The Morgan fingerprint density at radius 1 is 0.750 bits per heavy atom. The summed E-state index contributed by atoms with van der Waals surface area (Å²) in [7, 11) is 5.52. The van der Waals surface area contributed by atoms with Crippen LogP contribution in [0.3, 0.4) is 0 Å². The van der Waals surface area contributed by atoms with Crippen molar-refractivity contribution in [2.75, 3.05) is 36.7 Å². The van der Waals surface area contributed by atoms with Crippen LogP contribution in [0.1, 0.15) is 34.6 Å². The topological polar surface area (TPSA) is 99.3 Å². The molecule has 3 N–H and O–H groups in total. The summed E-state index contributed by atoms with van der Waals surface area (Å²) in [5.41, 5.74) is 5.84. The highest BCUT2D eigenvalue weighted by Gasteiger charge is 2.11. The maximum Gasteiger partial charge on any atom is 0.255 e. The third-order valence-electron chi connectivity index (χ3n) is 6.15. The first-order valence-corrected chi connectivity index (χ1v) is 13.0. The van der Waals surface area contributed by atoms with E-state index in [-0.39, 0.29) is 11.8 Å². The highest BCUT2D eigenvalue weighted by molar-refractivity contribution is 6.06. The van der Waals surface area contributed by atoms with Crippen LogP contribution in [0.5, 0.6) is 5.75 Å². The molecule has 40 heavy (non-hydrogen) atoms. The van der Waals surface area contributed by atoms with E-state index in [2.05, 4.69) is 20.6 Å². The highest BCUT2D eigenvalue weighted by Crippen LogP contribution is 2.25. The number of H-pyrrole nitrogens is 1. The van der Waals surface area contributed by atoms with E-state index >= 15 is 0 Å². The number of rotatable bonds is 7. The number of aromatic nitrogens is 2. The minimum Gasteiger partial charge on any atom is -0.497 e. The summed E-state index contributed by atoms with van der Waals surface area (Å²) in [6, 6.07) is 27.3. The molecule has 0 spiro atoms. The summed E-state index contributed by atoms with van der Waals surface area (Å²) < 4.78 is 5.21. The molecule has 8 nitrogen and oxygen atoms in total. The number of hydrogen-bond acceptors (Lipinski definition) is 5. The Morgan fingerprint density at radius 2 is 1.30 bits per heavy atom. The molecule has 204 valence electrons. The number of carbonyl (C=O) groups is 2. The molecule has 1 heterocycles. The van der Waals surface area contributed by atoms with Crippen molar-refractivity contribution in [3.63, 3.8) is 0 Å². The zero-order valence-corrected chi connectivity index (χ0v) is 23.3. The molecular weight excluding hydrogens is 502 g/mol. The van der Waals surface area contributed by atoms with Gasteiger partial charge in [0.05, 0.1) is 18.1 Å². The van der Waals surface area contributed by atoms with Crippen LogP contribution in [0.2, 0.25) is 0 Å². The normalized spacial score (nSPS) is 10.3. The molecule has 0 fully saturated rings. The molecule has 0 atom stereocenters. The van der Waals surface area contributed by atoms with Crippen LogP contribution in [0, 0.1) is 0 Å². The number of nitrogens with zero attached hydrogens (tertiary/aromatic N) is 2. The second-order valence-corrected chi connectivity index (χ2v) is 8.97. The molecule has 0 saturated heterocycles. The number of fused-ring (bicyclic) bond motifs is 1. The summed E-state index contributed by atoms with van der Waals surface area (Å²) in [5, 5.41) is 5.78. The van der Waals surface area contributed by atoms with E-state index in [1.165, 1.54) is 0 Å². The molecule has 1 aromatic heterocycles. The van der Waals surface area contributed by atoms with Gasteiger partial charge in [0.15, 0.2) is 0 Å². The maximum atomic E-state index is 12.8. The molecular formula is C32H33N5O3. The van der Waals surface area contributed by atoms with E-state index in [9.17, 15) is 9.59 Å². The first-order chi connectivity index (χ1) is 19.4. The van der Waals surface area contributed by atoms with Crippen molar-refractivity contribution >= 4 is 39.9 Å². The molecule has 8 heteroatoms. The SMILES string of the molecule is CC.COc1ccc(-c2nc3ccc(NC(=O)c4ccc(NC(=O)c5ccc(N(C)C)cc5)cc4)cc3[nH]2)cc1. The quantitative estimate of drug-likeness (QED) is 0.212. The first kappa shape index (κ1) is 27.9. The van der Waals surface area contributed by atoms with Crippen LogP contribution < -0.4 is 20.3 Å². The largest absolute Gasteiger partial charge is 0.497 e. The van der Waals surface area contributed by atoms with Gasteiger partial charge in [-0.2, -0.15) is 0 Å². The average Bonchev–Trinajstić information content (AvgIpc) is 3.42. The summed E-state index contributed by atoms with van der Waals surface area (Å²) in [6.45, 7) is 4.00. The Labute approximate surface area is 234 Å². The van der Waals surface area contributed by atoms with Gasteiger partial charge in [0.25, 0.3) is 11.8 Å². The highest BCUT2D eigenvalue weighted by atomic mass is 16.5. The summed E-state index contributed by atoms with van der Waals surface area (Å²) in [6.07, 6.45) is 0. The number of anilines is 3. The van der Waals surface area contributed by atoms with E-state index in [4.69, 9.17) is 4.74 Å². The predicted octanol–water partition coefficient (Wildman–Crippen LogP) is 6.84. The molecule has 2 amide bonds. The Balaban J connectivity index is 0.00000181. The maximum absolute atomic E-state index is 12.8. The number of imidazole rings is 1. The van der Waals surface area contributed by atoms with Crippen LogP contribution in [0.15, 0.2) is 91.0 Å². The number of benzene rings is 4. The summed E-state index contributed by atoms with van der Waals surface area (Å²) in [5.74, 6) is 1.04. The van der Waals surface area contributed by atoms with Crippen LogP contribution in [0.25, 0.3) is 22.4 Å². The lowest BCUT2D eigenvalue weighted by atomic mass is 10.1. The van der Waals surface area contributed by atoms with E-state index in [1.807, 2.05) is 87.4 Å². The van der Waals surface area contributed by atoms with Crippen LogP contribution in [-0.2, 0) is 0 Å². The third kappa shape index (κ3) is 6.47. The van der Waals surface area contributed by atoms with Crippen LogP contribution in [-0.4, -0.2) is 43.0 Å². The molecule has 0 bridgehead atoms. The standard InChI is InChI=1S/C30H27N5O3.C2H6/c1-35(2)24-13-6-21(7-14-24)29(36)31-22-10-4-20(5-11-22)30(37)32-23-12-17-26-27(18-23)34-28(33-26)19-8-15-25(38-3)16-9-19;1-2/h4-18H,1-3H3,(H,31,36)(H,32,37)(H,33,34);1-2H3. The van der Waals surface area contributed by atoms with E-state index < -0.39 is 0 Å². The van der Waals surface area contributed by atoms with Crippen molar-refractivity contribution in [1.29, 1.82) is 0 Å². The molecule has 0 radical (unpaired) electrons. The predicted molar refractivity (Wildman–Crippen MR) is 163 cm³/mol. The summed E-state index contributed by atoms with van der Waals surface area (Å²) >= 11 is 0. The second kappa shape index (κ2) is 12.6. The summed E-state index contributed by atoms with van der Waals surface area (Å²) in [4.78, 5) is 35.3. The van der Waals surface area contributed by atoms with Crippen molar-refractivity contribution in [1.82, 2.24) is 9.97 Å². The fourth-order valence-electron chi connectivity index (χ4n) is 4.00. The number of amides is 2. The van der Waals surface area contributed by atoms with Gasteiger partial charge in [0.1, 0.15) is 11.6 Å². The van der Waals surface area contributed by atoms with Gasteiger partial charge in [-0.25, -0.2) is 4.98 Å². The van der Waals surface area contributed by atoms with Gasteiger partial charge in [-0.3, -0.25) is 9.59 Å². The molecule has 5 rings (SSSR count). The van der Waals surface area contributed by atoms with Crippen molar-refractivity contribution in [3.8, 4) is 17.1 Å². The number of ether oxygens (including phenoxy) is 1. The Morgan fingerprint density at radius 3 is 1.88 bits per heavy atom. The molecule has 0 unspecified atom stereocenters. The van der Waals surface area contributed by atoms with Crippen LogP contribution >= 0.6 is 0 Å². The van der Waals surface area contributed by atoms with Gasteiger partial charge < -0.3 is 25.3 Å². The monoisotopic (exact) mass is 535 g/mol. The smallest absolute Gasteiger partial charge is 0.255 e. The Hall–Kier alpha value is -5.11. The minimum absolute atomic E-state index is 0.214. The average molecular weight is 536 g/mol. The Bertz CT molecular complexity index is 1590. The number of methoxy groups -OCH3 is 1. The fourth-order valence-corrected chi connectivity index (χ4v) is 4.00. The zero-order valence-electron chi connectivity index (χ0n) is 23.3. The fraction of sp³-hybridized carbons (Fsp3) is 0.156. The van der Waals surface area contributed by atoms with Gasteiger partial charge >= 0.3 is 0 Å². The number of hydrogen-bond donors (Lipinski definition) is 3. The minimum atomic E-state index is -0.253. The second-order valence-electron chi connectivity index (χ2n) is 8.97. The molecule has 0 aliphatic heterocycles. The lowest BCUT2D eigenvalue weighted by molar-refractivity contribution is 0.102. The van der Waals surface area contributed by atoms with Gasteiger partial charge in [-0.05, 0) is 91.0 Å². The van der Waals surface area contributed by atoms with E-state index in [0.717, 1.165) is 33.9 Å². The van der Waals surface area contributed by atoms with Gasteiger partial charge in [-0.1, -0.05) is 13.8 Å². The van der Waals surface area contributed by atoms with E-state index in [0.29, 0.717) is 22.5 Å². The molecule has 5 aromatic rings. The van der Waals surface area contributed by atoms with Crippen LogP contribution in [0.4, 0.5) is 17.1 Å². The third-order valence-corrected chi connectivity index (χ3v) is 6.15. The first-order valence-electron chi connectivity index (χ1n) is 13.0. The zero-order chi connectivity index (χ0) is 28.6. The van der Waals surface area contributed by atoms with Crippen molar-refractivity contribution < 1.29 is 14.3 Å². The lowest BCUT2D eigenvalue weighted by Gasteiger charge is -2.12. The van der Waals surface area contributed by atoms with Crippen molar-refractivity contribution in [2.24, 2.45) is 0 Å². The van der Waals surface area contributed by atoms with Crippen molar-refractivity contribution in [3.05, 3.63) is 102 Å². The molecule has 0 aliphatic carbocycles. The van der Waals surface area contributed by atoms with Gasteiger partial charge in [0.2, 0.25) is 0 Å². The number of aromatic amines is 1. The van der Waals surface area contributed by atoms with Gasteiger partial charge in [0, 0.05) is 47.8 Å². The lowest BCUT2D eigenvalue weighted by Crippen LogP contribution is -2.14. The number of nitrogens with one attached hydrogen (secondary N) is 3. The van der Waals surface area contributed by atoms with Crippen molar-refractivity contribution in [2.45, 2.75) is 13.8 Å². The number of carbonyl (C=O) groups excluding carboxylic acids is 2. The van der Waals surface area contributed by atoms with Gasteiger partial charge in [-0.15, -0.1) is 0 Å². The Kier molecular flexibility index (Phi) is 8.81. The molecule has 0 aliphatic rings. The van der Waals surface area contributed by atoms with E-state index in [1.54, 1.807) is 43.5 Å².